The molecule has 0 aliphatic heterocycles. The van der Waals surface area contributed by atoms with Crippen LogP contribution in [0.15, 0.2) is 11.4 Å². The van der Waals surface area contributed by atoms with Gasteiger partial charge in [-0.25, -0.2) is 0 Å². The molecular formula is C11H16OS. The van der Waals surface area contributed by atoms with Gasteiger partial charge in [-0.1, -0.05) is 6.42 Å². The molecule has 0 fully saturated rings. The lowest BCUT2D eigenvalue weighted by Gasteiger charge is -2.12. The zero-order chi connectivity index (χ0) is 9.10. The number of thiophene rings is 1. The molecule has 1 aliphatic carbocycles. The summed E-state index contributed by atoms with van der Waals surface area (Å²) >= 11 is 1.88. The summed E-state index contributed by atoms with van der Waals surface area (Å²) in [6, 6.07) is 2.26. The van der Waals surface area contributed by atoms with Gasteiger partial charge in [-0.15, -0.1) is 11.3 Å². The molecular weight excluding hydrogens is 180 g/mol. The van der Waals surface area contributed by atoms with E-state index in [0.29, 0.717) is 12.5 Å². The smallest absolute Gasteiger partial charge is 0.0437 e. The lowest BCUT2D eigenvalue weighted by Crippen LogP contribution is -1.99. The van der Waals surface area contributed by atoms with Gasteiger partial charge in [0, 0.05) is 11.5 Å². The average molecular weight is 196 g/mol. The predicted octanol–water partition coefficient (Wildman–Crippen LogP) is 2.94. The van der Waals surface area contributed by atoms with Crippen LogP contribution in [0.4, 0.5) is 0 Å². The number of rotatable bonds is 2. The summed E-state index contributed by atoms with van der Waals surface area (Å²) < 4.78 is 0. The van der Waals surface area contributed by atoms with Crippen LogP contribution >= 0.6 is 11.3 Å². The Hall–Kier alpha value is -0.340. The molecule has 1 unspecified atom stereocenters. The van der Waals surface area contributed by atoms with Crippen LogP contribution in [0.2, 0.25) is 0 Å². The monoisotopic (exact) mass is 196 g/mol. The van der Waals surface area contributed by atoms with Crippen LogP contribution in [0.1, 0.15) is 42.0 Å². The number of hydrogen-bond acceptors (Lipinski definition) is 2. The van der Waals surface area contributed by atoms with Crippen molar-refractivity contribution in [3.05, 3.63) is 21.9 Å². The summed E-state index contributed by atoms with van der Waals surface area (Å²) in [4.78, 5) is 1.55. The molecule has 0 saturated carbocycles. The lowest BCUT2D eigenvalue weighted by atomic mass is 9.98. The molecule has 1 nitrogen and oxygen atoms in total. The number of aliphatic hydroxyl groups excluding tert-OH is 1. The molecule has 2 rings (SSSR count). The maximum absolute atomic E-state index is 8.98. The predicted molar refractivity (Wildman–Crippen MR) is 56.3 cm³/mol. The second-order valence-corrected chi connectivity index (χ2v) is 4.71. The second kappa shape index (κ2) is 4.25. The van der Waals surface area contributed by atoms with Gasteiger partial charge in [0.05, 0.1) is 0 Å². The van der Waals surface area contributed by atoms with Crippen LogP contribution in [0.25, 0.3) is 0 Å². The molecule has 72 valence electrons. The van der Waals surface area contributed by atoms with E-state index in [-0.39, 0.29) is 0 Å². The summed E-state index contributed by atoms with van der Waals surface area (Å²) in [5.41, 5.74) is 1.54. The van der Waals surface area contributed by atoms with E-state index in [0.717, 1.165) is 6.42 Å². The summed E-state index contributed by atoms with van der Waals surface area (Å²) in [6.45, 7) is 0.335. The first-order valence-electron chi connectivity index (χ1n) is 5.09. The van der Waals surface area contributed by atoms with Crippen molar-refractivity contribution < 1.29 is 5.11 Å². The molecule has 1 aliphatic rings. The first kappa shape index (κ1) is 9.22. The largest absolute Gasteiger partial charge is 0.396 e. The van der Waals surface area contributed by atoms with Crippen molar-refractivity contribution in [3.63, 3.8) is 0 Å². The molecule has 1 atom stereocenters. The van der Waals surface area contributed by atoms with Crippen LogP contribution < -0.4 is 0 Å². The molecule has 0 spiro atoms. The minimum atomic E-state index is 0.335. The standard InChI is InChI=1S/C11H16OS/c12-7-5-9-3-1-2-4-10-6-8-13-11(9)10/h6,8-9,12H,1-5,7H2. The first-order valence-corrected chi connectivity index (χ1v) is 5.97. The molecule has 0 bridgehead atoms. The van der Waals surface area contributed by atoms with Crippen molar-refractivity contribution in [1.29, 1.82) is 0 Å². The van der Waals surface area contributed by atoms with Gasteiger partial charge in [-0.3, -0.25) is 0 Å². The molecule has 1 N–H and O–H groups in total. The van der Waals surface area contributed by atoms with Gasteiger partial charge >= 0.3 is 0 Å². The summed E-state index contributed by atoms with van der Waals surface area (Å²) in [7, 11) is 0. The van der Waals surface area contributed by atoms with Crippen molar-refractivity contribution in [3.8, 4) is 0 Å². The average Bonchev–Trinajstić information content (AvgIpc) is 2.52. The van der Waals surface area contributed by atoms with E-state index in [2.05, 4.69) is 11.4 Å². The maximum atomic E-state index is 8.98. The van der Waals surface area contributed by atoms with Gasteiger partial charge in [0.15, 0.2) is 0 Å². The molecule has 0 saturated heterocycles. The maximum Gasteiger partial charge on any atom is 0.0437 e. The van der Waals surface area contributed by atoms with Crippen molar-refractivity contribution >= 4 is 11.3 Å². The number of hydrogen-bond donors (Lipinski definition) is 1. The molecule has 2 heteroatoms. The third-order valence-corrected chi connectivity index (χ3v) is 4.00. The van der Waals surface area contributed by atoms with Gasteiger partial charge in [0.1, 0.15) is 0 Å². The van der Waals surface area contributed by atoms with Crippen LogP contribution in [0, 0.1) is 0 Å². The van der Waals surface area contributed by atoms with Crippen LogP contribution in [-0.2, 0) is 6.42 Å². The van der Waals surface area contributed by atoms with Crippen molar-refractivity contribution in [2.75, 3.05) is 6.61 Å². The van der Waals surface area contributed by atoms with Gasteiger partial charge in [0.2, 0.25) is 0 Å². The Balaban J connectivity index is 2.20. The summed E-state index contributed by atoms with van der Waals surface area (Å²) in [5, 5.41) is 11.2. The second-order valence-electron chi connectivity index (χ2n) is 3.77. The van der Waals surface area contributed by atoms with E-state index in [1.165, 1.54) is 25.7 Å². The van der Waals surface area contributed by atoms with Crippen LogP contribution in [0.3, 0.4) is 0 Å². The van der Waals surface area contributed by atoms with E-state index in [4.69, 9.17) is 5.11 Å². The van der Waals surface area contributed by atoms with E-state index in [1.54, 1.807) is 10.4 Å². The fourth-order valence-electron chi connectivity index (χ4n) is 2.18. The molecule has 13 heavy (non-hydrogen) atoms. The van der Waals surface area contributed by atoms with E-state index in [9.17, 15) is 0 Å². The third-order valence-electron chi connectivity index (χ3n) is 2.88. The van der Waals surface area contributed by atoms with Crippen LogP contribution in [-0.4, -0.2) is 11.7 Å². The van der Waals surface area contributed by atoms with Crippen LogP contribution in [0.5, 0.6) is 0 Å². The Labute approximate surface area is 83.4 Å². The zero-order valence-electron chi connectivity index (χ0n) is 7.83. The Kier molecular flexibility index (Phi) is 3.01. The zero-order valence-corrected chi connectivity index (χ0v) is 8.65. The fraction of sp³-hybridized carbons (Fsp3) is 0.636. The summed E-state index contributed by atoms with van der Waals surface area (Å²) in [6.07, 6.45) is 6.13. The fourth-order valence-corrected chi connectivity index (χ4v) is 3.31. The van der Waals surface area contributed by atoms with Gasteiger partial charge in [-0.05, 0) is 48.6 Å². The Morgan fingerprint density at radius 1 is 1.46 bits per heavy atom. The Morgan fingerprint density at radius 3 is 3.23 bits per heavy atom. The topological polar surface area (TPSA) is 20.2 Å². The quantitative estimate of drug-likeness (QED) is 0.721. The summed E-state index contributed by atoms with van der Waals surface area (Å²) in [5.74, 6) is 0.641. The first-order chi connectivity index (χ1) is 6.42. The number of aryl methyl sites for hydroxylation is 1. The van der Waals surface area contributed by atoms with Gasteiger partial charge in [0.25, 0.3) is 0 Å². The van der Waals surface area contributed by atoms with Crippen molar-refractivity contribution in [2.24, 2.45) is 0 Å². The number of fused-ring (bicyclic) bond motifs is 1. The lowest BCUT2D eigenvalue weighted by molar-refractivity contribution is 0.273. The normalized spacial score (nSPS) is 22.4. The highest BCUT2D eigenvalue weighted by Gasteiger charge is 2.18. The highest BCUT2D eigenvalue weighted by atomic mass is 32.1. The SMILES string of the molecule is OCCC1CCCCc2ccsc21. The minimum Gasteiger partial charge on any atom is -0.396 e. The molecule has 0 amide bonds. The van der Waals surface area contributed by atoms with E-state index >= 15 is 0 Å². The van der Waals surface area contributed by atoms with Crippen molar-refractivity contribution in [2.45, 2.75) is 38.0 Å². The van der Waals surface area contributed by atoms with Crippen molar-refractivity contribution in [1.82, 2.24) is 0 Å². The highest BCUT2D eigenvalue weighted by Crippen LogP contribution is 2.36. The molecule has 1 aromatic heterocycles. The highest BCUT2D eigenvalue weighted by molar-refractivity contribution is 7.10. The molecule has 0 aromatic carbocycles. The Morgan fingerprint density at radius 2 is 2.38 bits per heavy atom. The minimum absolute atomic E-state index is 0.335. The van der Waals surface area contributed by atoms with Gasteiger partial charge < -0.3 is 5.11 Å². The van der Waals surface area contributed by atoms with E-state index < -0.39 is 0 Å². The van der Waals surface area contributed by atoms with Gasteiger partial charge in [-0.2, -0.15) is 0 Å². The number of aliphatic hydroxyl groups is 1. The third kappa shape index (κ3) is 1.94. The van der Waals surface area contributed by atoms with E-state index in [1.807, 2.05) is 11.3 Å². The molecule has 0 radical (unpaired) electrons. The molecule has 1 heterocycles. The molecule has 1 aromatic rings. The Bertz CT molecular complexity index is 267.